The van der Waals surface area contributed by atoms with Gasteiger partial charge in [-0.05, 0) is 43.4 Å². The van der Waals surface area contributed by atoms with Crippen LogP contribution >= 0.6 is 0 Å². The first-order chi connectivity index (χ1) is 16.3. The molecule has 0 aromatic heterocycles. The minimum absolute atomic E-state index is 0.0188. The molecule has 1 unspecified atom stereocenters. The summed E-state index contributed by atoms with van der Waals surface area (Å²) in [4.78, 5) is 37.1. The molecule has 0 spiro atoms. The van der Waals surface area contributed by atoms with Crippen LogP contribution in [0.2, 0.25) is 0 Å². The molecule has 1 aliphatic rings. The van der Waals surface area contributed by atoms with E-state index in [2.05, 4.69) is 16.2 Å². The van der Waals surface area contributed by atoms with Crippen molar-refractivity contribution < 1.29 is 48.0 Å². The van der Waals surface area contributed by atoms with Gasteiger partial charge in [0.2, 0.25) is 0 Å². The summed E-state index contributed by atoms with van der Waals surface area (Å²) >= 11 is 0. The molecule has 0 saturated heterocycles. The van der Waals surface area contributed by atoms with Crippen molar-refractivity contribution in [3.8, 4) is 11.5 Å². The van der Waals surface area contributed by atoms with Gasteiger partial charge in [-0.25, -0.2) is 4.79 Å². The highest BCUT2D eigenvalue weighted by Crippen LogP contribution is 2.48. The van der Waals surface area contributed by atoms with Crippen molar-refractivity contribution in [1.29, 1.82) is 0 Å². The fourth-order valence-corrected chi connectivity index (χ4v) is 3.84. The highest BCUT2D eigenvalue weighted by molar-refractivity contribution is 5.80. The SMILES string of the molecule is C=C(C)[C@H]1CCC(COC(C)=O)=CC1c1c(O)cc(C(F)(F)C(=O)OCCCO[N+](=O)[O-])cc1O. The van der Waals surface area contributed by atoms with Crippen LogP contribution in [0.5, 0.6) is 11.5 Å². The number of carbonyl (C=O) groups is 2. The number of nitrogens with zero attached hydrogens (tertiary/aromatic N) is 1. The summed E-state index contributed by atoms with van der Waals surface area (Å²) < 4.78 is 38.8. The summed E-state index contributed by atoms with van der Waals surface area (Å²) in [5.41, 5.74) is 0.466. The Bertz CT molecular complexity index is 999. The Kier molecular flexibility index (Phi) is 9.15. The van der Waals surface area contributed by atoms with Gasteiger partial charge in [-0.3, -0.25) is 4.79 Å². The molecule has 35 heavy (non-hydrogen) atoms. The van der Waals surface area contributed by atoms with Crippen LogP contribution in [-0.2, 0) is 29.8 Å². The summed E-state index contributed by atoms with van der Waals surface area (Å²) in [6, 6.07) is 1.35. The largest absolute Gasteiger partial charge is 0.507 e. The van der Waals surface area contributed by atoms with Gasteiger partial charge in [-0.2, -0.15) is 8.78 Å². The third-order valence-corrected chi connectivity index (χ3v) is 5.53. The number of phenols is 2. The first-order valence-electron chi connectivity index (χ1n) is 10.7. The standard InChI is InChI=1S/C23H27F2NO9/c1-13(2)17-6-5-15(12-34-14(3)27)9-18(17)21-19(28)10-16(11-20(21)29)23(24,25)22(30)33-7-4-8-35-26(31)32/h9-11,17-18,28-29H,1,4-8,12H2,2-3H3/t17-,18?/m1/s1. The lowest BCUT2D eigenvalue weighted by Gasteiger charge is -2.32. The van der Waals surface area contributed by atoms with Gasteiger partial charge in [0.25, 0.3) is 5.09 Å². The van der Waals surface area contributed by atoms with Crippen LogP contribution < -0.4 is 0 Å². The molecular weight excluding hydrogens is 472 g/mol. The molecule has 2 rings (SSSR count). The van der Waals surface area contributed by atoms with Crippen molar-refractivity contribution in [2.45, 2.75) is 45.0 Å². The maximum Gasteiger partial charge on any atom is 0.381 e. The van der Waals surface area contributed by atoms with Crippen LogP contribution in [0.4, 0.5) is 8.78 Å². The maximum absolute atomic E-state index is 14.7. The van der Waals surface area contributed by atoms with Crippen molar-refractivity contribution >= 4 is 11.9 Å². The Balaban J connectivity index is 2.28. The maximum atomic E-state index is 14.7. The lowest BCUT2D eigenvalue weighted by Crippen LogP contribution is -2.29. The molecule has 0 saturated carbocycles. The molecule has 1 aromatic carbocycles. The van der Waals surface area contributed by atoms with Crippen molar-refractivity contribution in [2.75, 3.05) is 19.8 Å². The van der Waals surface area contributed by atoms with E-state index in [1.165, 1.54) is 6.92 Å². The lowest BCUT2D eigenvalue weighted by molar-refractivity contribution is -0.757. The predicted molar refractivity (Wildman–Crippen MR) is 117 cm³/mol. The first-order valence-corrected chi connectivity index (χ1v) is 10.7. The molecule has 2 N–H and O–H groups in total. The third-order valence-electron chi connectivity index (χ3n) is 5.53. The van der Waals surface area contributed by atoms with Gasteiger partial charge in [0.15, 0.2) is 0 Å². The topological polar surface area (TPSA) is 145 Å². The van der Waals surface area contributed by atoms with Crippen LogP contribution in [0, 0.1) is 16.0 Å². The molecule has 0 bridgehead atoms. The summed E-state index contributed by atoms with van der Waals surface area (Å²) in [6.07, 6.45) is 2.66. The number of halogens is 2. The van der Waals surface area contributed by atoms with Gasteiger partial charge >= 0.3 is 17.9 Å². The Hall–Kier alpha value is -3.70. The Morgan fingerprint density at radius 2 is 1.83 bits per heavy atom. The minimum atomic E-state index is -4.21. The first kappa shape index (κ1) is 27.5. The molecule has 1 aromatic rings. The summed E-state index contributed by atoms with van der Waals surface area (Å²) in [6.45, 7) is 5.99. The lowest BCUT2D eigenvalue weighted by atomic mass is 9.73. The minimum Gasteiger partial charge on any atom is -0.507 e. The quantitative estimate of drug-likeness (QED) is 0.152. The molecule has 1 aliphatic carbocycles. The summed E-state index contributed by atoms with van der Waals surface area (Å²) in [5, 5.41) is 30.2. The van der Waals surface area contributed by atoms with Gasteiger partial charge in [-0.15, -0.1) is 10.1 Å². The number of phenolic OH excluding ortho intramolecular Hbond substituents is 2. The average Bonchev–Trinajstić information content (AvgIpc) is 2.76. The number of rotatable bonds is 11. The Morgan fingerprint density at radius 1 is 1.20 bits per heavy atom. The predicted octanol–water partition coefficient (Wildman–Crippen LogP) is 3.89. The number of hydrogen-bond acceptors (Lipinski definition) is 9. The zero-order valence-corrected chi connectivity index (χ0v) is 19.3. The van der Waals surface area contributed by atoms with E-state index in [1.54, 1.807) is 13.0 Å². The van der Waals surface area contributed by atoms with E-state index in [1.807, 2.05) is 0 Å². The second-order valence-electron chi connectivity index (χ2n) is 8.17. The second-order valence-corrected chi connectivity index (χ2v) is 8.17. The Morgan fingerprint density at radius 3 is 2.37 bits per heavy atom. The van der Waals surface area contributed by atoms with Crippen LogP contribution in [0.3, 0.4) is 0 Å². The van der Waals surface area contributed by atoms with Crippen molar-refractivity contribution in [3.05, 3.63) is 57.2 Å². The highest BCUT2D eigenvalue weighted by Gasteiger charge is 2.44. The van der Waals surface area contributed by atoms with Crippen LogP contribution in [0.15, 0.2) is 35.9 Å². The number of ether oxygens (including phenoxy) is 2. The molecule has 0 fully saturated rings. The van der Waals surface area contributed by atoms with Gasteiger partial charge in [0.05, 0.1) is 13.2 Å². The number of aromatic hydroxyl groups is 2. The fraction of sp³-hybridized carbons (Fsp3) is 0.478. The van der Waals surface area contributed by atoms with Gasteiger partial charge < -0.3 is 24.5 Å². The second kappa shape index (κ2) is 11.6. The number of alkyl halides is 2. The van der Waals surface area contributed by atoms with E-state index < -0.39 is 59.1 Å². The zero-order valence-electron chi connectivity index (χ0n) is 19.3. The van der Waals surface area contributed by atoms with Crippen LogP contribution in [0.25, 0.3) is 0 Å². The fourth-order valence-electron chi connectivity index (χ4n) is 3.84. The highest BCUT2D eigenvalue weighted by atomic mass is 19.3. The molecule has 0 aliphatic heterocycles. The summed E-state index contributed by atoms with van der Waals surface area (Å²) in [7, 11) is 0. The van der Waals surface area contributed by atoms with E-state index in [-0.39, 0.29) is 24.5 Å². The number of hydrogen-bond donors (Lipinski definition) is 2. The van der Waals surface area contributed by atoms with E-state index in [4.69, 9.17) is 4.74 Å². The summed E-state index contributed by atoms with van der Waals surface area (Å²) in [5.74, 6) is -8.83. The molecule has 12 heteroatoms. The number of esters is 2. The van der Waals surface area contributed by atoms with Crippen LogP contribution in [-0.4, -0.2) is 47.1 Å². The van der Waals surface area contributed by atoms with E-state index in [0.717, 1.165) is 11.1 Å². The third kappa shape index (κ3) is 7.14. The molecule has 192 valence electrons. The van der Waals surface area contributed by atoms with E-state index >= 15 is 0 Å². The number of benzene rings is 1. The normalized spacial score (nSPS) is 17.8. The molecule has 0 radical (unpaired) electrons. The van der Waals surface area contributed by atoms with E-state index in [9.17, 15) is 38.7 Å². The zero-order chi connectivity index (χ0) is 26.3. The molecule has 0 heterocycles. The molecular formula is C23H27F2NO9. The number of allylic oxidation sites excluding steroid dienone is 2. The van der Waals surface area contributed by atoms with Gasteiger partial charge in [-0.1, -0.05) is 18.2 Å². The Labute approximate surface area is 199 Å². The monoisotopic (exact) mass is 499 g/mol. The molecule has 2 atom stereocenters. The van der Waals surface area contributed by atoms with Crippen LogP contribution in [0.1, 0.15) is 50.2 Å². The van der Waals surface area contributed by atoms with Gasteiger partial charge in [0.1, 0.15) is 18.1 Å². The van der Waals surface area contributed by atoms with Crippen molar-refractivity contribution in [1.82, 2.24) is 0 Å². The van der Waals surface area contributed by atoms with Crippen molar-refractivity contribution in [2.24, 2.45) is 5.92 Å². The average molecular weight is 499 g/mol. The van der Waals surface area contributed by atoms with E-state index in [0.29, 0.717) is 25.0 Å². The number of carbonyl (C=O) groups excluding carboxylic acids is 2. The van der Waals surface area contributed by atoms with Crippen molar-refractivity contribution in [3.63, 3.8) is 0 Å². The molecule has 0 amide bonds. The van der Waals surface area contributed by atoms with Gasteiger partial charge in [0, 0.05) is 30.4 Å². The smallest absolute Gasteiger partial charge is 0.381 e. The molecule has 10 nitrogen and oxygen atoms in total.